The van der Waals surface area contributed by atoms with Crippen LogP contribution in [0.1, 0.15) is 39.2 Å². The molecule has 0 radical (unpaired) electrons. The summed E-state index contributed by atoms with van der Waals surface area (Å²) in [4.78, 5) is 11.8. The zero-order valence-corrected chi connectivity index (χ0v) is 13.2. The number of carbonyl (C=O) groups excluding carboxylic acids is 1. The summed E-state index contributed by atoms with van der Waals surface area (Å²) in [5.41, 5.74) is 1.31. The van der Waals surface area contributed by atoms with E-state index in [0.717, 1.165) is 6.54 Å². The van der Waals surface area contributed by atoms with E-state index in [4.69, 9.17) is 4.74 Å². The monoisotopic (exact) mass is 277 g/mol. The second-order valence-electron chi connectivity index (χ2n) is 5.91. The summed E-state index contributed by atoms with van der Waals surface area (Å²) in [6.45, 7) is 9.26. The molecule has 20 heavy (non-hydrogen) atoms. The van der Waals surface area contributed by atoms with Gasteiger partial charge in [-0.3, -0.25) is 4.79 Å². The molecule has 0 aliphatic heterocycles. The zero-order valence-electron chi connectivity index (χ0n) is 13.2. The third-order valence-electron chi connectivity index (χ3n) is 3.71. The number of ether oxygens (including phenoxy) is 1. The van der Waals surface area contributed by atoms with Gasteiger partial charge in [-0.05, 0) is 23.3 Å². The van der Waals surface area contributed by atoms with Gasteiger partial charge < -0.3 is 10.1 Å². The second kappa shape index (κ2) is 8.05. The minimum atomic E-state index is -0.245. The molecule has 0 aliphatic carbocycles. The SMILES string of the molecule is COC(=O)[C@@H](NCC(c1ccccc1)C(C)C)C(C)C. The first kappa shape index (κ1) is 16.7. The normalized spacial score (nSPS) is 14.3. The van der Waals surface area contributed by atoms with E-state index >= 15 is 0 Å². The van der Waals surface area contributed by atoms with Crippen molar-refractivity contribution >= 4 is 5.97 Å². The Balaban J connectivity index is 2.74. The van der Waals surface area contributed by atoms with Gasteiger partial charge in [0, 0.05) is 6.54 Å². The van der Waals surface area contributed by atoms with E-state index in [-0.39, 0.29) is 17.9 Å². The highest BCUT2D eigenvalue weighted by molar-refractivity contribution is 5.75. The lowest BCUT2D eigenvalue weighted by Crippen LogP contribution is -2.44. The van der Waals surface area contributed by atoms with Crippen LogP contribution >= 0.6 is 0 Å². The number of carbonyl (C=O) groups is 1. The maximum atomic E-state index is 11.8. The third kappa shape index (κ3) is 4.64. The lowest BCUT2D eigenvalue weighted by atomic mass is 9.88. The topological polar surface area (TPSA) is 38.3 Å². The van der Waals surface area contributed by atoms with Gasteiger partial charge in [0.1, 0.15) is 6.04 Å². The van der Waals surface area contributed by atoms with E-state index in [2.05, 4.69) is 43.4 Å². The van der Waals surface area contributed by atoms with Crippen LogP contribution in [0, 0.1) is 11.8 Å². The highest BCUT2D eigenvalue weighted by atomic mass is 16.5. The number of hydrogen-bond acceptors (Lipinski definition) is 3. The molecule has 2 atom stereocenters. The highest BCUT2D eigenvalue weighted by Crippen LogP contribution is 2.23. The minimum absolute atomic E-state index is 0.185. The summed E-state index contributed by atoms with van der Waals surface area (Å²) in [6, 6.07) is 10.2. The van der Waals surface area contributed by atoms with Crippen LogP contribution in [0.3, 0.4) is 0 Å². The van der Waals surface area contributed by atoms with Gasteiger partial charge in [0.2, 0.25) is 0 Å². The molecule has 3 nitrogen and oxygen atoms in total. The van der Waals surface area contributed by atoms with Gasteiger partial charge in [-0.25, -0.2) is 0 Å². The standard InChI is InChI=1S/C17H27NO2/c1-12(2)15(14-9-7-6-8-10-14)11-18-16(13(3)4)17(19)20-5/h6-10,12-13,15-16,18H,11H2,1-5H3/t15?,16-/m0/s1. The summed E-state index contributed by atoms with van der Waals surface area (Å²) in [7, 11) is 1.44. The van der Waals surface area contributed by atoms with E-state index in [1.165, 1.54) is 12.7 Å². The van der Waals surface area contributed by atoms with Crippen LogP contribution in [0.4, 0.5) is 0 Å². The Morgan fingerprint density at radius 1 is 1.10 bits per heavy atom. The van der Waals surface area contributed by atoms with Crippen LogP contribution in [-0.4, -0.2) is 25.7 Å². The zero-order chi connectivity index (χ0) is 15.1. The third-order valence-corrected chi connectivity index (χ3v) is 3.71. The fraction of sp³-hybridized carbons (Fsp3) is 0.588. The molecule has 112 valence electrons. The first-order valence-corrected chi connectivity index (χ1v) is 7.33. The van der Waals surface area contributed by atoms with Crippen LogP contribution in [0.15, 0.2) is 30.3 Å². The summed E-state index contributed by atoms with van der Waals surface area (Å²) in [6.07, 6.45) is 0. The molecular weight excluding hydrogens is 250 g/mol. The molecule has 0 aliphatic rings. The van der Waals surface area contributed by atoms with Crippen molar-refractivity contribution in [1.82, 2.24) is 5.32 Å². The summed E-state index contributed by atoms with van der Waals surface area (Å²) >= 11 is 0. The molecule has 0 amide bonds. The van der Waals surface area contributed by atoms with Gasteiger partial charge in [-0.15, -0.1) is 0 Å². The van der Waals surface area contributed by atoms with E-state index < -0.39 is 0 Å². The van der Waals surface area contributed by atoms with Crippen LogP contribution in [0.2, 0.25) is 0 Å². The molecule has 1 unspecified atom stereocenters. The number of benzene rings is 1. The van der Waals surface area contributed by atoms with E-state index in [1.54, 1.807) is 0 Å². The number of methoxy groups -OCH3 is 1. The Bertz CT molecular complexity index is 401. The fourth-order valence-electron chi connectivity index (χ4n) is 2.41. The molecular formula is C17H27NO2. The highest BCUT2D eigenvalue weighted by Gasteiger charge is 2.24. The van der Waals surface area contributed by atoms with Crippen LogP contribution in [0.25, 0.3) is 0 Å². The summed E-state index contributed by atoms with van der Waals surface area (Å²) < 4.78 is 4.87. The maximum absolute atomic E-state index is 11.8. The number of hydrogen-bond donors (Lipinski definition) is 1. The lowest BCUT2D eigenvalue weighted by Gasteiger charge is -2.26. The Morgan fingerprint density at radius 3 is 2.15 bits per heavy atom. The Kier molecular flexibility index (Phi) is 6.73. The predicted molar refractivity (Wildman–Crippen MR) is 82.7 cm³/mol. The molecule has 1 aromatic carbocycles. The van der Waals surface area contributed by atoms with Crippen molar-refractivity contribution in [2.75, 3.05) is 13.7 Å². The van der Waals surface area contributed by atoms with Gasteiger partial charge in [0.15, 0.2) is 0 Å². The summed E-state index contributed by atoms with van der Waals surface area (Å²) in [5.74, 6) is 0.930. The molecule has 0 saturated carbocycles. The average molecular weight is 277 g/mol. The van der Waals surface area contributed by atoms with Crippen molar-refractivity contribution in [3.63, 3.8) is 0 Å². The van der Waals surface area contributed by atoms with Crippen molar-refractivity contribution in [1.29, 1.82) is 0 Å². The first-order chi connectivity index (χ1) is 9.47. The van der Waals surface area contributed by atoms with Crippen molar-refractivity contribution in [3.8, 4) is 0 Å². The largest absolute Gasteiger partial charge is 0.468 e. The van der Waals surface area contributed by atoms with Crippen LogP contribution in [-0.2, 0) is 9.53 Å². The summed E-state index contributed by atoms with van der Waals surface area (Å²) in [5, 5.41) is 3.38. The lowest BCUT2D eigenvalue weighted by molar-refractivity contribution is -0.144. The van der Waals surface area contributed by atoms with E-state index in [0.29, 0.717) is 11.8 Å². The molecule has 0 spiro atoms. The molecule has 0 fully saturated rings. The first-order valence-electron chi connectivity index (χ1n) is 7.33. The predicted octanol–water partition coefficient (Wildman–Crippen LogP) is 3.21. The fourth-order valence-corrected chi connectivity index (χ4v) is 2.41. The maximum Gasteiger partial charge on any atom is 0.323 e. The Morgan fingerprint density at radius 2 is 1.70 bits per heavy atom. The molecule has 1 N–H and O–H groups in total. The van der Waals surface area contributed by atoms with Gasteiger partial charge in [-0.1, -0.05) is 58.0 Å². The van der Waals surface area contributed by atoms with Crippen molar-refractivity contribution in [3.05, 3.63) is 35.9 Å². The van der Waals surface area contributed by atoms with Crippen LogP contribution < -0.4 is 5.32 Å². The molecule has 1 rings (SSSR count). The van der Waals surface area contributed by atoms with Crippen molar-refractivity contribution in [2.45, 2.75) is 39.7 Å². The van der Waals surface area contributed by atoms with E-state index in [9.17, 15) is 4.79 Å². The quantitative estimate of drug-likeness (QED) is 0.778. The average Bonchev–Trinajstić information content (AvgIpc) is 2.43. The van der Waals surface area contributed by atoms with Gasteiger partial charge in [0.05, 0.1) is 7.11 Å². The molecule has 0 bridgehead atoms. The van der Waals surface area contributed by atoms with Gasteiger partial charge in [-0.2, -0.15) is 0 Å². The van der Waals surface area contributed by atoms with Crippen molar-refractivity contribution < 1.29 is 9.53 Å². The molecule has 3 heteroatoms. The van der Waals surface area contributed by atoms with Crippen LogP contribution in [0.5, 0.6) is 0 Å². The molecule has 0 aromatic heterocycles. The van der Waals surface area contributed by atoms with Gasteiger partial charge in [0.25, 0.3) is 0 Å². The number of rotatable bonds is 7. The van der Waals surface area contributed by atoms with Crippen molar-refractivity contribution in [2.24, 2.45) is 11.8 Å². The molecule has 1 aromatic rings. The Hall–Kier alpha value is -1.35. The van der Waals surface area contributed by atoms with Gasteiger partial charge >= 0.3 is 5.97 Å². The number of nitrogens with one attached hydrogen (secondary N) is 1. The smallest absolute Gasteiger partial charge is 0.323 e. The number of esters is 1. The second-order valence-corrected chi connectivity index (χ2v) is 5.91. The minimum Gasteiger partial charge on any atom is -0.468 e. The molecule has 0 saturated heterocycles. The Labute approximate surface area is 122 Å². The molecule has 0 heterocycles. The van der Waals surface area contributed by atoms with E-state index in [1.807, 2.05) is 19.9 Å².